The monoisotopic (exact) mass is 239 g/mol. The van der Waals surface area contributed by atoms with Gasteiger partial charge in [-0.05, 0) is 42.5 Å². The van der Waals surface area contributed by atoms with Gasteiger partial charge in [-0.15, -0.1) is 0 Å². The molecule has 88 valence electrons. The zero-order valence-electron chi connectivity index (χ0n) is 9.47. The number of rotatable bonds is 1. The van der Waals surface area contributed by atoms with Gasteiger partial charge in [-0.1, -0.05) is 0 Å². The lowest BCUT2D eigenvalue weighted by molar-refractivity contribution is 0.628. The van der Waals surface area contributed by atoms with E-state index in [-0.39, 0.29) is 5.82 Å². The predicted molar refractivity (Wildman–Crippen MR) is 69.3 cm³/mol. The summed E-state index contributed by atoms with van der Waals surface area (Å²) in [5.41, 5.74) is 9.41. The zero-order valence-corrected chi connectivity index (χ0v) is 9.47. The van der Waals surface area contributed by atoms with Crippen molar-refractivity contribution < 1.29 is 4.39 Å². The first-order chi connectivity index (χ1) is 8.72. The van der Waals surface area contributed by atoms with Crippen LogP contribution < -0.4 is 5.73 Å². The fraction of sp³-hybridized carbons (Fsp3) is 0. The van der Waals surface area contributed by atoms with Gasteiger partial charge in [0, 0.05) is 11.3 Å². The summed E-state index contributed by atoms with van der Waals surface area (Å²) in [5.74, 6) is -0.267. The quantitative estimate of drug-likeness (QED) is 0.664. The van der Waals surface area contributed by atoms with Crippen LogP contribution in [-0.2, 0) is 0 Å². The van der Waals surface area contributed by atoms with Crippen LogP contribution >= 0.6 is 0 Å². The third-order valence-corrected chi connectivity index (χ3v) is 2.71. The Hall–Kier alpha value is -2.49. The molecule has 0 bridgehead atoms. The molecule has 0 radical (unpaired) electrons. The van der Waals surface area contributed by atoms with Crippen LogP contribution in [-0.4, -0.2) is 9.97 Å². The van der Waals surface area contributed by atoms with Crippen molar-refractivity contribution in [1.82, 2.24) is 9.97 Å². The lowest BCUT2D eigenvalue weighted by Crippen LogP contribution is -1.91. The van der Waals surface area contributed by atoms with Crippen LogP contribution in [0.25, 0.3) is 22.3 Å². The number of hydrogen-bond donors (Lipinski definition) is 1. The molecule has 1 heterocycles. The first-order valence-corrected chi connectivity index (χ1v) is 5.50. The summed E-state index contributed by atoms with van der Waals surface area (Å²) in [6.45, 7) is 0. The van der Waals surface area contributed by atoms with E-state index in [4.69, 9.17) is 5.73 Å². The average molecular weight is 239 g/mol. The van der Waals surface area contributed by atoms with E-state index in [0.29, 0.717) is 11.4 Å². The van der Waals surface area contributed by atoms with Gasteiger partial charge < -0.3 is 5.73 Å². The summed E-state index contributed by atoms with van der Waals surface area (Å²) in [6, 6.07) is 11.5. The predicted octanol–water partition coefficient (Wildman–Crippen LogP) is 3.02. The van der Waals surface area contributed by atoms with Crippen molar-refractivity contribution in [3.8, 4) is 11.3 Å². The van der Waals surface area contributed by atoms with E-state index >= 15 is 0 Å². The second-order valence-corrected chi connectivity index (χ2v) is 4.01. The van der Waals surface area contributed by atoms with Crippen LogP contribution in [0.4, 0.5) is 10.1 Å². The second kappa shape index (κ2) is 4.07. The zero-order chi connectivity index (χ0) is 12.5. The van der Waals surface area contributed by atoms with Crippen molar-refractivity contribution in [3.05, 3.63) is 54.5 Å². The number of nitrogens with zero attached hydrogens (tertiary/aromatic N) is 2. The summed E-state index contributed by atoms with van der Waals surface area (Å²) >= 11 is 0. The number of nitrogen functional groups attached to an aromatic ring is 1. The van der Waals surface area contributed by atoms with E-state index in [1.54, 1.807) is 30.5 Å². The van der Waals surface area contributed by atoms with E-state index in [9.17, 15) is 4.39 Å². The van der Waals surface area contributed by atoms with E-state index in [1.165, 1.54) is 12.1 Å². The van der Waals surface area contributed by atoms with Crippen LogP contribution in [0, 0.1) is 5.82 Å². The van der Waals surface area contributed by atoms with Gasteiger partial charge in [0.05, 0.1) is 22.9 Å². The molecular formula is C14H10FN3. The molecule has 2 aromatic carbocycles. The molecule has 0 fully saturated rings. The summed E-state index contributed by atoms with van der Waals surface area (Å²) in [5, 5.41) is 0. The Bertz CT molecular complexity index is 708. The van der Waals surface area contributed by atoms with Crippen LogP contribution in [0.2, 0.25) is 0 Å². The number of anilines is 1. The summed E-state index contributed by atoms with van der Waals surface area (Å²) < 4.78 is 12.9. The third kappa shape index (κ3) is 1.88. The Kier molecular flexibility index (Phi) is 2.41. The van der Waals surface area contributed by atoms with Crippen molar-refractivity contribution in [2.45, 2.75) is 0 Å². The number of halogens is 1. The van der Waals surface area contributed by atoms with Crippen LogP contribution in [0.3, 0.4) is 0 Å². The van der Waals surface area contributed by atoms with Gasteiger partial charge in [0.2, 0.25) is 0 Å². The van der Waals surface area contributed by atoms with E-state index in [2.05, 4.69) is 9.97 Å². The van der Waals surface area contributed by atoms with E-state index in [1.807, 2.05) is 6.07 Å². The molecule has 1 aromatic heterocycles. The molecule has 2 N–H and O–H groups in total. The lowest BCUT2D eigenvalue weighted by atomic mass is 10.1. The summed E-state index contributed by atoms with van der Waals surface area (Å²) in [7, 11) is 0. The largest absolute Gasteiger partial charge is 0.399 e. The molecule has 0 unspecified atom stereocenters. The Labute approximate surface area is 103 Å². The number of nitrogens with two attached hydrogens (primary N) is 1. The average Bonchev–Trinajstić information content (AvgIpc) is 2.38. The smallest absolute Gasteiger partial charge is 0.123 e. The van der Waals surface area contributed by atoms with Crippen molar-refractivity contribution >= 4 is 16.7 Å². The van der Waals surface area contributed by atoms with Crippen molar-refractivity contribution in [2.75, 3.05) is 5.73 Å². The Balaban J connectivity index is 2.15. The minimum Gasteiger partial charge on any atom is -0.399 e. The maximum absolute atomic E-state index is 12.9. The molecule has 0 amide bonds. The molecular weight excluding hydrogens is 229 g/mol. The normalized spacial score (nSPS) is 10.7. The van der Waals surface area contributed by atoms with Crippen molar-refractivity contribution in [3.63, 3.8) is 0 Å². The standard InChI is InChI=1S/C14H10FN3/c15-10-3-1-9(2-4-10)14-8-17-12-6-5-11(16)7-13(12)18-14/h1-8H,16H2. The molecule has 3 nitrogen and oxygen atoms in total. The Morgan fingerprint density at radius 2 is 1.72 bits per heavy atom. The molecule has 3 aromatic rings. The molecule has 4 heteroatoms. The number of benzene rings is 2. The van der Waals surface area contributed by atoms with Gasteiger partial charge in [-0.3, -0.25) is 4.98 Å². The van der Waals surface area contributed by atoms with E-state index in [0.717, 1.165) is 16.6 Å². The number of hydrogen-bond acceptors (Lipinski definition) is 3. The summed E-state index contributed by atoms with van der Waals surface area (Å²) in [6.07, 6.45) is 1.67. The second-order valence-electron chi connectivity index (χ2n) is 4.01. The molecule has 0 saturated carbocycles. The highest BCUT2D eigenvalue weighted by Gasteiger charge is 2.03. The third-order valence-electron chi connectivity index (χ3n) is 2.71. The molecule has 0 saturated heterocycles. The molecule has 0 aliphatic rings. The van der Waals surface area contributed by atoms with Crippen LogP contribution in [0.1, 0.15) is 0 Å². The highest BCUT2D eigenvalue weighted by molar-refractivity contribution is 5.80. The topological polar surface area (TPSA) is 51.8 Å². The first kappa shape index (κ1) is 10.7. The molecule has 0 spiro atoms. The molecule has 18 heavy (non-hydrogen) atoms. The highest BCUT2D eigenvalue weighted by atomic mass is 19.1. The van der Waals surface area contributed by atoms with Crippen LogP contribution in [0.5, 0.6) is 0 Å². The van der Waals surface area contributed by atoms with Gasteiger partial charge in [-0.2, -0.15) is 0 Å². The van der Waals surface area contributed by atoms with Crippen molar-refractivity contribution in [1.29, 1.82) is 0 Å². The summed E-state index contributed by atoms with van der Waals surface area (Å²) in [4.78, 5) is 8.78. The minimum atomic E-state index is -0.267. The Morgan fingerprint density at radius 1 is 0.944 bits per heavy atom. The highest BCUT2D eigenvalue weighted by Crippen LogP contribution is 2.20. The minimum absolute atomic E-state index is 0.267. The van der Waals surface area contributed by atoms with Gasteiger partial charge in [0.15, 0.2) is 0 Å². The SMILES string of the molecule is Nc1ccc2ncc(-c3ccc(F)cc3)nc2c1. The number of fused-ring (bicyclic) bond motifs is 1. The van der Waals surface area contributed by atoms with Gasteiger partial charge in [-0.25, -0.2) is 9.37 Å². The van der Waals surface area contributed by atoms with Gasteiger partial charge in [0.1, 0.15) is 5.82 Å². The molecule has 0 aliphatic heterocycles. The molecule has 0 aliphatic carbocycles. The molecule has 3 rings (SSSR count). The molecule has 0 atom stereocenters. The van der Waals surface area contributed by atoms with Gasteiger partial charge in [0.25, 0.3) is 0 Å². The van der Waals surface area contributed by atoms with Gasteiger partial charge >= 0.3 is 0 Å². The maximum atomic E-state index is 12.9. The fourth-order valence-corrected chi connectivity index (χ4v) is 1.79. The lowest BCUT2D eigenvalue weighted by Gasteiger charge is -2.03. The number of aromatic nitrogens is 2. The first-order valence-electron chi connectivity index (χ1n) is 5.50. The Morgan fingerprint density at radius 3 is 2.50 bits per heavy atom. The maximum Gasteiger partial charge on any atom is 0.123 e. The van der Waals surface area contributed by atoms with Crippen LogP contribution in [0.15, 0.2) is 48.7 Å². The fourth-order valence-electron chi connectivity index (χ4n) is 1.79. The van der Waals surface area contributed by atoms with E-state index < -0.39 is 0 Å². The van der Waals surface area contributed by atoms with Crippen molar-refractivity contribution in [2.24, 2.45) is 0 Å².